The van der Waals surface area contributed by atoms with Crippen molar-refractivity contribution in [2.45, 2.75) is 26.9 Å². The second-order valence-corrected chi connectivity index (χ2v) is 7.33. The van der Waals surface area contributed by atoms with Crippen molar-refractivity contribution in [2.75, 3.05) is 20.7 Å². The van der Waals surface area contributed by atoms with Crippen LogP contribution in [-0.4, -0.2) is 36.4 Å². The quantitative estimate of drug-likeness (QED) is 0.614. The van der Waals surface area contributed by atoms with Gasteiger partial charge in [-0.15, -0.1) is 0 Å². The highest BCUT2D eigenvalue weighted by Crippen LogP contribution is 2.17. The standard InChI is InChI=1S/C23H28N4O2/c1-17-22(18(2)27(25-17)20-8-6-5-7-9-20)15-26(3)16-23(28)24-14-19-10-12-21(29-4)13-11-19/h5-13H,14-16H2,1-4H3,(H,24,28)/p+1. The van der Waals surface area contributed by atoms with Crippen LogP contribution in [0.4, 0.5) is 0 Å². The highest BCUT2D eigenvalue weighted by molar-refractivity contribution is 5.76. The number of nitrogens with zero attached hydrogens (tertiary/aromatic N) is 2. The van der Waals surface area contributed by atoms with Crippen molar-refractivity contribution in [3.8, 4) is 11.4 Å². The normalized spacial score (nSPS) is 11.9. The molecule has 29 heavy (non-hydrogen) atoms. The van der Waals surface area contributed by atoms with E-state index in [1.54, 1.807) is 7.11 Å². The fourth-order valence-corrected chi connectivity index (χ4v) is 3.40. The summed E-state index contributed by atoms with van der Waals surface area (Å²) in [5, 5.41) is 7.69. The van der Waals surface area contributed by atoms with Crippen LogP contribution < -0.4 is 15.0 Å². The smallest absolute Gasteiger partial charge is 0.275 e. The monoisotopic (exact) mass is 393 g/mol. The molecule has 0 spiro atoms. The fraction of sp³-hybridized carbons (Fsp3) is 0.304. The van der Waals surface area contributed by atoms with E-state index in [2.05, 4.69) is 12.2 Å². The molecule has 1 atom stereocenters. The van der Waals surface area contributed by atoms with Gasteiger partial charge >= 0.3 is 0 Å². The molecule has 1 aromatic heterocycles. The van der Waals surface area contributed by atoms with Gasteiger partial charge in [-0.2, -0.15) is 5.10 Å². The molecule has 0 saturated carbocycles. The van der Waals surface area contributed by atoms with Gasteiger partial charge < -0.3 is 15.0 Å². The fourth-order valence-electron chi connectivity index (χ4n) is 3.40. The molecule has 2 aromatic carbocycles. The lowest BCUT2D eigenvalue weighted by atomic mass is 10.2. The van der Waals surface area contributed by atoms with E-state index >= 15 is 0 Å². The van der Waals surface area contributed by atoms with E-state index in [4.69, 9.17) is 9.84 Å². The lowest BCUT2D eigenvalue weighted by Crippen LogP contribution is -3.09. The Hall–Kier alpha value is -3.12. The Balaban J connectivity index is 1.56. The van der Waals surface area contributed by atoms with E-state index in [1.807, 2.05) is 73.3 Å². The maximum absolute atomic E-state index is 12.4. The molecule has 152 valence electrons. The molecule has 6 nitrogen and oxygen atoms in total. The van der Waals surface area contributed by atoms with Crippen LogP contribution in [0.1, 0.15) is 22.5 Å². The van der Waals surface area contributed by atoms with Crippen LogP contribution in [0.15, 0.2) is 54.6 Å². The number of hydrogen-bond acceptors (Lipinski definition) is 3. The molecule has 0 aliphatic carbocycles. The predicted octanol–water partition coefficient (Wildman–Crippen LogP) is 1.83. The number of benzene rings is 2. The molecule has 0 radical (unpaired) electrons. The number of nitrogens with one attached hydrogen (secondary N) is 2. The average molecular weight is 394 g/mol. The van der Waals surface area contributed by atoms with Gasteiger partial charge in [-0.1, -0.05) is 30.3 Å². The summed E-state index contributed by atoms with van der Waals surface area (Å²) in [5.41, 5.74) is 5.41. The maximum Gasteiger partial charge on any atom is 0.275 e. The van der Waals surface area contributed by atoms with Gasteiger partial charge in [0.1, 0.15) is 12.3 Å². The van der Waals surface area contributed by atoms with Crippen molar-refractivity contribution in [3.63, 3.8) is 0 Å². The van der Waals surface area contributed by atoms with Crippen molar-refractivity contribution in [1.82, 2.24) is 15.1 Å². The SMILES string of the molecule is COc1ccc(CNC(=O)C[NH+](C)Cc2c(C)nn(-c3ccccc3)c2C)cc1. The number of aryl methyl sites for hydroxylation is 1. The van der Waals surface area contributed by atoms with Crippen molar-refractivity contribution < 1.29 is 14.4 Å². The summed E-state index contributed by atoms with van der Waals surface area (Å²) in [4.78, 5) is 13.5. The largest absolute Gasteiger partial charge is 0.497 e. The average Bonchev–Trinajstić information content (AvgIpc) is 3.01. The van der Waals surface area contributed by atoms with Gasteiger partial charge in [0.25, 0.3) is 5.91 Å². The minimum absolute atomic E-state index is 0.0316. The number of likely N-dealkylation sites (N-methyl/N-ethyl adjacent to an activating group) is 1. The first-order valence-corrected chi connectivity index (χ1v) is 9.79. The first-order chi connectivity index (χ1) is 14.0. The van der Waals surface area contributed by atoms with Crippen molar-refractivity contribution in [2.24, 2.45) is 0 Å². The molecule has 1 amide bonds. The molecule has 6 heteroatoms. The van der Waals surface area contributed by atoms with Gasteiger partial charge in [0.15, 0.2) is 6.54 Å². The number of amides is 1. The second-order valence-electron chi connectivity index (χ2n) is 7.33. The van der Waals surface area contributed by atoms with Crippen LogP contribution in [0.5, 0.6) is 5.75 Å². The summed E-state index contributed by atoms with van der Waals surface area (Å²) in [5.74, 6) is 0.843. The molecule has 1 unspecified atom stereocenters. The predicted molar refractivity (Wildman–Crippen MR) is 113 cm³/mol. The number of methoxy groups -OCH3 is 1. The van der Waals surface area contributed by atoms with Crippen molar-refractivity contribution >= 4 is 5.91 Å². The Morgan fingerprint density at radius 1 is 1.10 bits per heavy atom. The van der Waals surface area contributed by atoms with Gasteiger partial charge in [-0.05, 0) is 43.7 Å². The van der Waals surface area contributed by atoms with Gasteiger partial charge in [-0.3, -0.25) is 4.79 Å². The minimum atomic E-state index is 0.0316. The van der Waals surface area contributed by atoms with E-state index in [1.165, 1.54) is 5.56 Å². The van der Waals surface area contributed by atoms with E-state index in [0.717, 1.165) is 39.8 Å². The Morgan fingerprint density at radius 3 is 2.45 bits per heavy atom. The molecule has 2 N–H and O–H groups in total. The van der Waals surface area contributed by atoms with Gasteiger partial charge in [0, 0.05) is 6.54 Å². The summed E-state index contributed by atoms with van der Waals surface area (Å²) in [6, 6.07) is 17.8. The summed E-state index contributed by atoms with van der Waals surface area (Å²) in [6.45, 7) is 5.78. The molecule has 0 aliphatic heterocycles. The number of carbonyl (C=O) groups is 1. The number of rotatable bonds is 8. The Bertz CT molecular complexity index is 949. The van der Waals surface area contributed by atoms with Crippen LogP contribution in [0.25, 0.3) is 5.69 Å². The Labute approximate surface area is 172 Å². The Kier molecular flexibility index (Phi) is 6.67. The van der Waals surface area contributed by atoms with Gasteiger partial charge in [-0.25, -0.2) is 4.68 Å². The third-order valence-electron chi connectivity index (χ3n) is 5.03. The topological polar surface area (TPSA) is 60.6 Å². The molecule has 0 fully saturated rings. The molecule has 1 heterocycles. The minimum Gasteiger partial charge on any atom is -0.497 e. The lowest BCUT2D eigenvalue weighted by molar-refractivity contribution is -0.885. The molecule has 0 saturated heterocycles. The van der Waals surface area contributed by atoms with Crippen LogP contribution >= 0.6 is 0 Å². The number of ether oxygens (including phenoxy) is 1. The lowest BCUT2D eigenvalue weighted by Gasteiger charge is -2.14. The maximum atomic E-state index is 12.4. The molecule has 3 rings (SSSR count). The molecule has 3 aromatic rings. The van der Waals surface area contributed by atoms with Gasteiger partial charge in [0.2, 0.25) is 0 Å². The van der Waals surface area contributed by atoms with Crippen LogP contribution in [-0.2, 0) is 17.9 Å². The number of para-hydroxylation sites is 1. The van der Waals surface area contributed by atoms with E-state index < -0.39 is 0 Å². The van der Waals surface area contributed by atoms with E-state index in [9.17, 15) is 4.79 Å². The van der Waals surface area contributed by atoms with Crippen molar-refractivity contribution in [3.05, 3.63) is 77.1 Å². The zero-order valence-corrected chi connectivity index (χ0v) is 17.5. The summed E-state index contributed by atoms with van der Waals surface area (Å²) >= 11 is 0. The first kappa shape index (κ1) is 20.6. The number of aromatic nitrogens is 2. The number of hydrogen-bond donors (Lipinski definition) is 2. The zero-order chi connectivity index (χ0) is 20.8. The third kappa shape index (κ3) is 5.23. The summed E-state index contributed by atoms with van der Waals surface area (Å²) in [6.07, 6.45) is 0. The van der Waals surface area contributed by atoms with E-state index in [-0.39, 0.29) is 5.91 Å². The number of quaternary nitrogens is 1. The summed E-state index contributed by atoms with van der Waals surface area (Å²) < 4.78 is 7.13. The zero-order valence-electron chi connectivity index (χ0n) is 17.5. The third-order valence-corrected chi connectivity index (χ3v) is 5.03. The van der Waals surface area contributed by atoms with E-state index in [0.29, 0.717) is 13.1 Å². The number of carbonyl (C=O) groups excluding carboxylic acids is 1. The second kappa shape index (κ2) is 9.39. The highest BCUT2D eigenvalue weighted by atomic mass is 16.5. The molecule has 0 aliphatic rings. The van der Waals surface area contributed by atoms with Crippen molar-refractivity contribution in [1.29, 1.82) is 0 Å². The van der Waals surface area contributed by atoms with Gasteiger partial charge in [0.05, 0.1) is 36.8 Å². The van der Waals surface area contributed by atoms with Crippen LogP contribution in [0.2, 0.25) is 0 Å². The molecule has 0 bridgehead atoms. The summed E-state index contributed by atoms with van der Waals surface area (Å²) in [7, 11) is 3.67. The molecular weight excluding hydrogens is 364 g/mol. The van der Waals surface area contributed by atoms with Crippen LogP contribution in [0.3, 0.4) is 0 Å². The molecular formula is C23H29N4O2+. The first-order valence-electron chi connectivity index (χ1n) is 9.79. The Morgan fingerprint density at radius 2 is 1.79 bits per heavy atom. The highest BCUT2D eigenvalue weighted by Gasteiger charge is 2.18. The van der Waals surface area contributed by atoms with Crippen LogP contribution in [0, 0.1) is 13.8 Å².